The minimum atomic E-state index is -1.04. The fraction of sp³-hybridized carbons (Fsp3) is 0.870. The van der Waals surface area contributed by atoms with Gasteiger partial charge in [-0.05, 0) is 46.0 Å². The molecule has 31 heavy (non-hydrogen) atoms. The molecule has 3 aliphatic heterocycles. The van der Waals surface area contributed by atoms with Gasteiger partial charge in [-0.3, -0.25) is 14.4 Å². The van der Waals surface area contributed by atoms with E-state index in [2.05, 4.69) is 10.6 Å². The molecule has 3 amide bonds. The highest BCUT2D eigenvalue weighted by Crippen LogP contribution is 2.63. The summed E-state index contributed by atoms with van der Waals surface area (Å²) in [6, 6.07) is -1.46. The van der Waals surface area contributed by atoms with Crippen LogP contribution in [0.15, 0.2) is 0 Å². The van der Waals surface area contributed by atoms with Crippen molar-refractivity contribution in [2.24, 2.45) is 17.8 Å². The second kappa shape index (κ2) is 8.70. The van der Waals surface area contributed by atoms with Crippen molar-refractivity contribution in [3.8, 4) is 0 Å². The summed E-state index contributed by atoms with van der Waals surface area (Å²) in [6.07, 6.45) is 2.71. The van der Waals surface area contributed by atoms with Crippen LogP contribution in [0.3, 0.4) is 0 Å². The highest BCUT2D eigenvalue weighted by molar-refractivity contribution is 5.99. The van der Waals surface area contributed by atoms with Gasteiger partial charge >= 0.3 is 0 Å². The van der Waals surface area contributed by atoms with E-state index in [1.807, 2.05) is 41.5 Å². The Balaban J connectivity index is 2.08. The van der Waals surface area contributed by atoms with Crippen LogP contribution < -0.4 is 10.6 Å². The van der Waals surface area contributed by atoms with Gasteiger partial charge < -0.3 is 25.4 Å². The van der Waals surface area contributed by atoms with Gasteiger partial charge in [0, 0.05) is 12.6 Å². The smallest absolute Gasteiger partial charge is 0.246 e. The van der Waals surface area contributed by atoms with Gasteiger partial charge in [0.05, 0.1) is 30.1 Å². The number of rotatable bonds is 9. The Morgan fingerprint density at radius 3 is 2.45 bits per heavy atom. The van der Waals surface area contributed by atoms with Crippen molar-refractivity contribution in [2.75, 3.05) is 13.2 Å². The van der Waals surface area contributed by atoms with Crippen molar-refractivity contribution >= 4 is 17.7 Å². The van der Waals surface area contributed by atoms with Crippen LogP contribution in [0.2, 0.25) is 0 Å². The molecule has 8 nitrogen and oxygen atoms in total. The van der Waals surface area contributed by atoms with Crippen molar-refractivity contribution in [1.82, 2.24) is 15.5 Å². The van der Waals surface area contributed by atoms with Crippen LogP contribution in [-0.2, 0) is 19.1 Å². The lowest BCUT2D eigenvalue weighted by atomic mass is 9.66. The predicted octanol–water partition coefficient (Wildman–Crippen LogP) is 1.21. The molecule has 0 aromatic carbocycles. The third-order valence-corrected chi connectivity index (χ3v) is 7.57. The minimum absolute atomic E-state index is 0.00122. The maximum atomic E-state index is 13.9. The molecular formula is C23H39N3O5. The lowest BCUT2D eigenvalue weighted by Crippen LogP contribution is -2.59. The fourth-order valence-electron chi connectivity index (χ4n) is 5.96. The summed E-state index contributed by atoms with van der Waals surface area (Å²) >= 11 is 0. The number of amides is 3. The molecule has 3 rings (SSSR count). The number of fused-ring (bicyclic) bond motifs is 1. The Bertz CT molecular complexity index is 728. The van der Waals surface area contributed by atoms with E-state index >= 15 is 0 Å². The number of hydrogen-bond acceptors (Lipinski definition) is 5. The zero-order chi connectivity index (χ0) is 23.1. The van der Waals surface area contributed by atoms with E-state index in [0.717, 1.165) is 12.8 Å². The Labute approximate surface area is 185 Å². The number of carbonyl (C=O) groups excluding carboxylic acids is 3. The predicted molar refractivity (Wildman–Crippen MR) is 116 cm³/mol. The maximum absolute atomic E-state index is 13.9. The Hall–Kier alpha value is -1.67. The number of likely N-dealkylation sites (tertiary alicyclic amines) is 1. The van der Waals surface area contributed by atoms with Crippen LogP contribution in [-0.4, -0.2) is 70.2 Å². The van der Waals surface area contributed by atoms with E-state index in [-0.39, 0.29) is 36.3 Å². The molecule has 2 unspecified atom stereocenters. The summed E-state index contributed by atoms with van der Waals surface area (Å²) in [5.74, 6) is -2.06. The van der Waals surface area contributed by atoms with E-state index < -0.39 is 35.1 Å². The first-order valence-corrected chi connectivity index (χ1v) is 11.8. The third-order valence-electron chi connectivity index (χ3n) is 7.57. The molecule has 3 heterocycles. The first-order valence-electron chi connectivity index (χ1n) is 11.8. The summed E-state index contributed by atoms with van der Waals surface area (Å²) in [4.78, 5) is 42.1. The molecule has 176 valence electrons. The van der Waals surface area contributed by atoms with Crippen LogP contribution in [0, 0.1) is 17.8 Å². The van der Waals surface area contributed by atoms with Gasteiger partial charge in [0.15, 0.2) is 0 Å². The quantitative estimate of drug-likeness (QED) is 0.503. The molecule has 3 aliphatic rings. The van der Waals surface area contributed by atoms with Crippen LogP contribution in [0.1, 0.15) is 67.2 Å². The van der Waals surface area contributed by atoms with Crippen LogP contribution >= 0.6 is 0 Å². The minimum Gasteiger partial charge on any atom is -0.394 e. The van der Waals surface area contributed by atoms with Gasteiger partial charge in [0.2, 0.25) is 17.7 Å². The number of aliphatic hydroxyl groups is 1. The molecule has 1 spiro atoms. The molecule has 0 radical (unpaired) electrons. The zero-order valence-corrected chi connectivity index (χ0v) is 19.7. The Morgan fingerprint density at radius 2 is 1.90 bits per heavy atom. The summed E-state index contributed by atoms with van der Waals surface area (Å²) in [5, 5.41) is 16.1. The molecule has 0 aromatic heterocycles. The second-order valence-electron chi connectivity index (χ2n) is 10.1. The molecular weight excluding hydrogens is 398 g/mol. The lowest BCUT2D eigenvalue weighted by molar-refractivity contribution is -0.151. The number of hydrogen-bond donors (Lipinski definition) is 3. The summed E-state index contributed by atoms with van der Waals surface area (Å²) in [7, 11) is 0. The van der Waals surface area contributed by atoms with Crippen LogP contribution in [0.4, 0.5) is 0 Å². The molecule has 3 saturated heterocycles. The normalized spacial score (nSPS) is 35.9. The highest BCUT2D eigenvalue weighted by atomic mass is 16.5. The van der Waals surface area contributed by atoms with Gasteiger partial charge in [-0.25, -0.2) is 0 Å². The molecule has 0 aromatic rings. The third kappa shape index (κ3) is 3.65. The highest BCUT2D eigenvalue weighted by Gasteiger charge is 2.78. The summed E-state index contributed by atoms with van der Waals surface area (Å²) in [6.45, 7) is 11.9. The monoisotopic (exact) mass is 437 g/mol. The standard InChI is InChI=1S/C23H39N3O5/c1-7-11-24-19(28)16-17-21(30)26(15(12-27)14(5)8-2)18(20(29)25-13(3)4)23(17)10-9-22(16,6)31-23/h13-18,27H,7-12H2,1-6H3,(H,24,28)(H,25,29)/t14-,15-,16+,17-,18?,22-,23?/m0/s1. The molecule has 3 fully saturated rings. The first kappa shape index (κ1) is 24.0. The van der Waals surface area contributed by atoms with E-state index in [1.165, 1.54) is 0 Å². The van der Waals surface area contributed by atoms with Gasteiger partial charge in [0.1, 0.15) is 11.6 Å². The average Bonchev–Trinajstić information content (AvgIpc) is 3.27. The van der Waals surface area contributed by atoms with Gasteiger partial charge in [0.25, 0.3) is 0 Å². The van der Waals surface area contributed by atoms with Crippen LogP contribution in [0.25, 0.3) is 0 Å². The number of aliphatic hydroxyl groups excluding tert-OH is 1. The zero-order valence-electron chi connectivity index (χ0n) is 19.7. The Kier molecular flexibility index (Phi) is 6.73. The number of nitrogens with one attached hydrogen (secondary N) is 2. The van der Waals surface area contributed by atoms with Crippen LogP contribution in [0.5, 0.6) is 0 Å². The van der Waals surface area contributed by atoms with E-state index in [1.54, 1.807) is 4.90 Å². The summed E-state index contributed by atoms with van der Waals surface area (Å²) in [5.41, 5.74) is -1.81. The van der Waals surface area contributed by atoms with Crippen molar-refractivity contribution in [3.63, 3.8) is 0 Å². The van der Waals surface area contributed by atoms with Gasteiger partial charge in [-0.1, -0.05) is 27.2 Å². The van der Waals surface area contributed by atoms with Crippen molar-refractivity contribution in [3.05, 3.63) is 0 Å². The first-order chi connectivity index (χ1) is 14.6. The fourth-order valence-corrected chi connectivity index (χ4v) is 5.96. The number of ether oxygens (including phenoxy) is 1. The molecule has 3 N–H and O–H groups in total. The van der Waals surface area contributed by atoms with E-state index in [0.29, 0.717) is 19.4 Å². The Morgan fingerprint density at radius 1 is 1.23 bits per heavy atom. The average molecular weight is 438 g/mol. The van der Waals surface area contributed by atoms with Gasteiger partial charge in [-0.15, -0.1) is 0 Å². The molecule has 7 atom stereocenters. The largest absolute Gasteiger partial charge is 0.394 e. The second-order valence-corrected chi connectivity index (χ2v) is 10.1. The van der Waals surface area contributed by atoms with Crippen molar-refractivity contribution < 1.29 is 24.2 Å². The SMILES string of the molecule is CCCNC(=O)[C@H]1[C@H]2C(=O)N([C@@H](CO)[C@@H](C)CC)C(C(=O)NC(C)C)C23CC[C@]1(C)O3. The van der Waals surface area contributed by atoms with Crippen molar-refractivity contribution in [1.29, 1.82) is 0 Å². The molecule has 8 heteroatoms. The maximum Gasteiger partial charge on any atom is 0.246 e. The molecule has 2 bridgehead atoms. The van der Waals surface area contributed by atoms with E-state index in [4.69, 9.17) is 4.74 Å². The number of nitrogens with zero attached hydrogens (tertiary/aromatic N) is 1. The topological polar surface area (TPSA) is 108 Å². The molecule has 0 aliphatic carbocycles. The number of carbonyl (C=O) groups is 3. The van der Waals surface area contributed by atoms with Gasteiger partial charge in [-0.2, -0.15) is 0 Å². The lowest BCUT2D eigenvalue weighted by Gasteiger charge is -2.39. The van der Waals surface area contributed by atoms with Crippen molar-refractivity contribution in [2.45, 2.75) is 96.6 Å². The van der Waals surface area contributed by atoms with E-state index in [9.17, 15) is 19.5 Å². The molecule has 0 saturated carbocycles. The summed E-state index contributed by atoms with van der Waals surface area (Å²) < 4.78 is 6.54.